The lowest BCUT2D eigenvalue weighted by atomic mass is 9.94. The van der Waals surface area contributed by atoms with Crippen LogP contribution in [-0.4, -0.2) is 52.2 Å². The minimum Gasteiger partial charge on any atom is -0.478 e. The normalized spacial score (nSPS) is 12.7. The minimum absolute atomic E-state index is 0.0189. The Kier molecular flexibility index (Phi) is 8.20. The number of nitrogens with one attached hydrogen (secondary N) is 2. The third-order valence-corrected chi connectivity index (χ3v) is 5.90. The number of ketones is 1. The van der Waals surface area contributed by atoms with Crippen LogP contribution in [0, 0.1) is 0 Å². The van der Waals surface area contributed by atoms with Gasteiger partial charge in [0.1, 0.15) is 11.5 Å². The van der Waals surface area contributed by atoms with Crippen LogP contribution in [0.25, 0.3) is 0 Å². The second-order valence-electron chi connectivity index (χ2n) is 8.76. The number of carboxylic acids is 2. The van der Waals surface area contributed by atoms with Crippen LogP contribution in [-0.2, 0) is 5.60 Å². The molecule has 0 aliphatic carbocycles. The third-order valence-electron chi connectivity index (χ3n) is 5.90. The molecule has 0 saturated carbocycles. The van der Waals surface area contributed by atoms with Crippen molar-refractivity contribution in [3.8, 4) is 11.5 Å². The number of benzene rings is 3. The number of hydrogen-bond donors (Lipinski definition) is 5. The molecule has 13 heteroatoms. The molecule has 0 bridgehead atoms. The van der Waals surface area contributed by atoms with Crippen LogP contribution in [0.4, 0.5) is 24.5 Å². The average Bonchev–Trinajstić information content (AvgIpc) is 2.87. The Morgan fingerprint density at radius 2 is 1.27 bits per heavy atom. The van der Waals surface area contributed by atoms with Crippen molar-refractivity contribution in [2.75, 3.05) is 17.7 Å². The molecule has 0 aliphatic rings. The summed E-state index contributed by atoms with van der Waals surface area (Å²) in [5, 5.41) is 33.9. The van der Waals surface area contributed by atoms with E-state index < -0.39 is 52.1 Å². The summed E-state index contributed by atoms with van der Waals surface area (Å²) in [6, 6.07) is 10.2. The van der Waals surface area contributed by atoms with Crippen molar-refractivity contribution in [2.45, 2.75) is 25.6 Å². The SMILES string of the molecule is CNc1cc(NC(=O)c2cc(Oc3ccc(C(=O)O)c(C(C)=O)c3)ccc2C(=O)O)cc(C(C)(O)C(F)(F)F)c1. The highest BCUT2D eigenvalue weighted by molar-refractivity contribution is 6.11. The summed E-state index contributed by atoms with van der Waals surface area (Å²) in [5.74, 6) is -4.41. The van der Waals surface area contributed by atoms with Crippen LogP contribution in [0.1, 0.15) is 60.8 Å². The van der Waals surface area contributed by atoms with E-state index in [2.05, 4.69) is 10.6 Å². The highest BCUT2D eigenvalue weighted by Gasteiger charge is 2.51. The number of aromatic carboxylic acids is 2. The number of carbonyl (C=O) groups excluding carboxylic acids is 2. The van der Waals surface area contributed by atoms with Crippen molar-refractivity contribution in [1.29, 1.82) is 0 Å². The fraction of sp³-hybridized carbons (Fsp3) is 0.185. The molecule has 3 aromatic rings. The average molecular weight is 560 g/mol. The van der Waals surface area contributed by atoms with Crippen molar-refractivity contribution < 1.29 is 52.4 Å². The van der Waals surface area contributed by atoms with Crippen LogP contribution in [0.15, 0.2) is 54.6 Å². The first-order valence-electron chi connectivity index (χ1n) is 11.4. The summed E-state index contributed by atoms with van der Waals surface area (Å²) >= 11 is 0. The molecule has 0 saturated heterocycles. The van der Waals surface area contributed by atoms with E-state index in [9.17, 15) is 47.7 Å². The van der Waals surface area contributed by atoms with E-state index >= 15 is 0 Å². The molecule has 40 heavy (non-hydrogen) atoms. The Morgan fingerprint density at radius 3 is 1.75 bits per heavy atom. The largest absolute Gasteiger partial charge is 0.478 e. The van der Waals surface area contributed by atoms with Crippen molar-refractivity contribution in [2.24, 2.45) is 0 Å². The van der Waals surface area contributed by atoms with Crippen molar-refractivity contribution in [1.82, 2.24) is 0 Å². The third kappa shape index (κ3) is 6.21. The van der Waals surface area contributed by atoms with E-state index in [0.717, 1.165) is 37.3 Å². The molecule has 0 aliphatic heterocycles. The van der Waals surface area contributed by atoms with Gasteiger partial charge in [0.25, 0.3) is 5.91 Å². The van der Waals surface area contributed by atoms with Gasteiger partial charge in [-0.3, -0.25) is 9.59 Å². The maximum absolute atomic E-state index is 13.4. The van der Waals surface area contributed by atoms with E-state index in [1.807, 2.05) is 0 Å². The van der Waals surface area contributed by atoms with Crippen molar-refractivity contribution in [3.05, 3.63) is 82.4 Å². The summed E-state index contributed by atoms with van der Waals surface area (Å²) in [6.45, 7) is 1.72. The summed E-state index contributed by atoms with van der Waals surface area (Å²) in [5.41, 5.74) is -5.15. The van der Waals surface area contributed by atoms with E-state index in [-0.39, 0.29) is 34.0 Å². The molecule has 0 radical (unpaired) electrons. The molecule has 210 valence electrons. The van der Waals surface area contributed by atoms with E-state index in [4.69, 9.17) is 4.74 Å². The topological polar surface area (TPSA) is 162 Å². The molecule has 5 N–H and O–H groups in total. The second-order valence-corrected chi connectivity index (χ2v) is 8.76. The quantitative estimate of drug-likeness (QED) is 0.223. The zero-order valence-corrected chi connectivity index (χ0v) is 21.2. The van der Waals surface area contributed by atoms with Gasteiger partial charge in [0.05, 0.1) is 16.7 Å². The molecule has 0 aromatic heterocycles. The Hall–Kier alpha value is -4.91. The molecule has 10 nitrogen and oxygen atoms in total. The van der Waals surface area contributed by atoms with E-state index in [1.54, 1.807) is 0 Å². The predicted molar refractivity (Wildman–Crippen MR) is 136 cm³/mol. The molecule has 1 unspecified atom stereocenters. The Morgan fingerprint density at radius 1 is 0.775 bits per heavy atom. The fourth-order valence-corrected chi connectivity index (χ4v) is 3.65. The number of aliphatic hydroxyl groups is 1. The highest BCUT2D eigenvalue weighted by Crippen LogP contribution is 2.40. The van der Waals surface area contributed by atoms with Gasteiger partial charge in [0.15, 0.2) is 11.4 Å². The maximum Gasteiger partial charge on any atom is 0.421 e. The zero-order valence-electron chi connectivity index (χ0n) is 21.2. The van der Waals surface area contributed by atoms with Crippen LogP contribution in [0.5, 0.6) is 11.5 Å². The van der Waals surface area contributed by atoms with Gasteiger partial charge in [-0.2, -0.15) is 13.2 Å². The predicted octanol–water partition coefficient (Wildman–Crippen LogP) is 5.14. The van der Waals surface area contributed by atoms with Crippen LogP contribution >= 0.6 is 0 Å². The summed E-state index contributed by atoms with van der Waals surface area (Å²) < 4.78 is 45.9. The van der Waals surface area contributed by atoms with Crippen LogP contribution in [0.3, 0.4) is 0 Å². The number of anilines is 2. The standard InChI is InChI=1S/C27H23F3N2O8/c1-13(33)21-11-17(4-6-19(21)24(35)36)40-18-5-7-20(25(37)38)22(12-18)23(34)32-16-9-14(8-15(10-16)31-3)26(2,39)27(28,29)30/h4-12,31,39H,1-3H3,(H,32,34)(H,35,36)(H,37,38). The van der Waals surface area contributed by atoms with Gasteiger partial charge < -0.3 is 30.7 Å². The first-order valence-corrected chi connectivity index (χ1v) is 11.4. The summed E-state index contributed by atoms with van der Waals surface area (Å²) in [4.78, 5) is 48.1. The molecule has 0 heterocycles. The number of carboxylic acid groups (broad SMARTS) is 2. The number of rotatable bonds is 9. The maximum atomic E-state index is 13.4. The van der Waals surface area contributed by atoms with E-state index in [1.165, 1.54) is 31.3 Å². The van der Waals surface area contributed by atoms with Gasteiger partial charge in [0.2, 0.25) is 0 Å². The first kappa shape index (κ1) is 29.6. The number of alkyl halides is 3. The molecular formula is C27H23F3N2O8. The molecule has 0 fully saturated rings. The molecule has 0 spiro atoms. The molecule has 3 rings (SSSR count). The zero-order chi connectivity index (χ0) is 30.0. The van der Waals surface area contributed by atoms with Crippen molar-refractivity contribution >= 4 is 35.0 Å². The highest BCUT2D eigenvalue weighted by atomic mass is 19.4. The van der Waals surface area contributed by atoms with Crippen LogP contribution < -0.4 is 15.4 Å². The monoisotopic (exact) mass is 560 g/mol. The van der Waals surface area contributed by atoms with Gasteiger partial charge in [-0.1, -0.05) is 0 Å². The van der Waals surface area contributed by atoms with E-state index in [0.29, 0.717) is 6.92 Å². The van der Waals surface area contributed by atoms with Crippen LogP contribution in [0.2, 0.25) is 0 Å². The number of ether oxygens (including phenoxy) is 1. The van der Waals surface area contributed by atoms with Gasteiger partial charge in [0, 0.05) is 24.0 Å². The second kappa shape index (κ2) is 11.1. The Labute approximate surface area is 225 Å². The lowest BCUT2D eigenvalue weighted by Gasteiger charge is -2.27. The lowest BCUT2D eigenvalue weighted by molar-refractivity contribution is -0.258. The summed E-state index contributed by atoms with van der Waals surface area (Å²) in [6.07, 6.45) is -5.03. The smallest absolute Gasteiger partial charge is 0.421 e. The molecular weight excluding hydrogens is 537 g/mol. The van der Waals surface area contributed by atoms with Gasteiger partial charge >= 0.3 is 18.1 Å². The lowest BCUT2D eigenvalue weighted by Crippen LogP contribution is -2.39. The first-order chi connectivity index (χ1) is 18.5. The number of carbonyl (C=O) groups is 4. The van der Waals surface area contributed by atoms with Crippen molar-refractivity contribution in [3.63, 3.8) is 0 Å². The molecule has 1 atom stereocenters. The van der Waals surface area contributed by atoms with Gasteiger partial charge in [-0.25, -0.2) is 9.59 Å². The minimum atomic E-state index is -5.03. The summed E-state index contributed by atoms with van der Waals surface area (Å²) in [7, 11) is 1.41. The van der Waals surface area contributed by atoms with Gasteiger partial charge in [-0.05, 0) is 74.0 Å². The number of amides is 1. The number of Topliss-reactive ketones (excluding diaryl/α,β-unsaturated/α-hetero) is 1. The Balaban J connectivity index is 2.00. The van der Waals surface area contributed by atoms with Gasteiger partial charge in [-0.15, -0.1) is 0 Å². The number of hydrogen-bond acceptors (Lipinski definition) is 7. The molecule has 3 aromatic carbocycles. The number of halogens is 3. The molecule has 1 amide bonds. The fourth-order valence-electron chi connectivity index (χ4n) is 3.65. The Bertz CT molecular complexity index is 1520.